The van der Waals surface area contributed by atoms with Crippen molar-refractivity contribution in [3.63, 3.8) is 0 Å². The summed E-state index contributed by atoms with van der Waals surface area (Å²) in [6.45, 7) is 0.791. The molecule has 90 valence electrons. The van der Waals surface area contributed by atoms with Crippen LogP contribution in [0, 0.1) is 0 Å². The first-order chi connectivity index (χ1) is 7.72. The van der Waals surface area contributed by atoms with Crippen LogP contribution >= 0.6 is 23.4 Å². The van der Waals surface area contributed by atoms with Crippen molar-refractivity contribution in [3.05, 3.63) is 29.3 Å². The van der Waals surface area contributed by atoms with E-state index in [-0.39, 0.29) is 6.04 Å². The quantitative estimate of drug-likeness (QED) is 0.603. The van der Waals surface area contributed by atoms with Crippen molar-refractivity contribution in [2.24, 2.45) is 5.73 Å². The first kappa shape index (κ1) is 13.8. The fourth-order valence-corrected chi connectivity index (χ4v) is 2.33. The molecular formula is C12H18ClNOS. The first-order valence-electron chi connectivity index (χ1n) is 5.35. The van der Waals surface area contributed by atoms with Gasteiger partial charge in [0.1, 0.15) is 0 Å². The lowest BCUT2D eigenvalue weighted by atomic mass is 10.2. The fraction of sp³-hybridized carbons (Fsp3) is 0.500. The standard InChI is InChI=1S/C12H18ClNOS/c1-15-8-2-3-11(14)9-16-12-6-4-10(13)5-7-12/h4-7,11H,2-3,8-9,14H2,1H3. The summed E-state index contributed by atoms with van der Waals surface area (Å²) in [7, 11) is 1.72. The lowest BCUT2D eigenvalue weighted by molar-refractivity contribution is 0.191. The van der Waals surface area contributed by atoms with Gasteiger partial charge in [0.05, 0.1) is 0 Å². The van der Waals surface area contributed by atoms with E-state index in [4.69, 9.17) is 22.1 Å². The summed E-state index contributed by atoms with van der Waals surface area (Å²) >= 11 is 7.58. The number of halogens is 1. The Balaban J connectivity index is 2.20. The van der Waals surface area contributed by atoms with Crippen LogP contribution in [0.5, 0.6) is 0 Å². The molecule has 0 heterocycles. The van der Waals surface area contributed by atoms with E-state index in [0.717, 1.165) is 30.2 Å². The number of nitrogens with two attached hydrogens (primary N) is 1. The van der Waals surface area contributed by atoms with E-state index in [9.17, 15) is 0 Å². The summed E-state index contributed by atoms with van der Waals surface area (Å²) < 4.78 is 4.99. The molecule has 1 aromatic rings. The van der Waals surface area contributed by atoms with Gasteiger partial charge in [0.2, 0.25) is 0 Å². The highest BCUT2D eigenvalue weighted by molar-refractivity contribution is 7.99. The predicted octanol–water partition coefficient (Wildman–Crippen LogP) is 3.19. The molecule has 0 aliphatic rings. The topological polar surface area (TPSA) is 35.2 Å². The van der Waals surface area contributed by atoms with Crippen LogP contribution in [0.2, 0.25) is 5.02 Å². The molecule has 2 N–H and O–H groups in total. The summed E-state index contributed by atoms with van der Waals surface area (Å²) in [5.41, 5.74) is 5.99. The summed E-state index contributed by atoms with van der Waals surface area (Å²) in [4.78, 5) is 1.21. The van der Waals surface area contributed by atoms with Crippen molar-refractivity contribution < 1.29 is 4.74 Å². The third kappa shape index (κ3) is 5.75. The van der Waals surface area contributed by atoms with E-state index in [1.165, 1.54) is 4.90 Å². The maximum atomic E-state index is 5.99. The monoisotopic (exact) mass is 259 g/mol. The molecular weight excluding hydrogens is 242 g/mol. The highest BCUT2D eigenvalue weighted by atomic mass is 35.5. The van der Waals surface area contributed by atoms with E-state index in [2.05, 4.69) is 0 Å². The number of thioether (sulfide) groups is 1. The largest absolute Gasteiger partial charge is 0.385 e. The fourth-order valence-electron chi connectivity index (χ4n) is 1.31. The molecule has 0 aromatic heterocycles. The highest BCUT2D eigenvalue weighted by Crippen LogP contribution is 2.21. The molecule has 0 aliphatic heterocycles. The smallest absolute Gasteiger partial charge is 0.0462 e. The number of hydrogen-bond acceptors (Lipinski definition) is 3. The summed E-state index contributed by atoms with van der Waals surface area (Å²) in [6, 6.07) is 8.08. The van der Waals surface area contributed by atoms with Crippen molar-refractivity contribution in [1.82, 2.24) is 0 Å². The minimum absolute atomic E-state index is 0.232. The zero-order valence-corrected chi connectivity index (χ0v) is 11.1. The lowest BCUT2D eigenvalue weighted by Crippen LogP contribution is -2.23. The van der Waals surface area contributed by atoms with Gasteiger partial charge in [-0.3, -0.25) is 0 Å². The summed E-state index contributed by atoms with van der Waals surface area (Å²) in [5.74, 6) is 0.936. The Morgan fingerprint density at radius 2 is 2.06 bits per heavy atom. The van der Waals surface area contributed by atoms with Gasteiger partial charge in [0, 0.05) is 35.4 Å². The molecule has 4 heteroatoms. The van der Waals surface area contributed by atoms with E-state index < -0.39 is 0 Å². The maximum Gasteiger partial charge on any atom is 0.0462 e. The predicted molar refractivity (Wildman–Crippen MR) is 71.3 cm³/mol. The van der Waals surface area contributed by atoms with Crippen molar-refractivity contribution in [3.8, 4) is 0 Å². The van der Waals surface area contributed by atoms with Gasteiger partial charge in [0.15, 0.2) is 0 Å². The average Bonchev–Trinajstić information content (AvgIpc) is 2.29. The molecule has 0 saturated carbocycles. The van der Waals surface area contributed by atoms with E-state index in [1.54, 1.807) is 18.9 Å². The van der Waals surface area contributed by atoms with Crippen LogP contribution in [0.1, 0.15) is 12.8 Å². The Morgan fingerprint density at radius 3 is 2.69 bits per heavy atom. The van der Waals surface area contributed by atoms with Crippen LogP contribution in [-0.2, 0) is 4.74 Å². The average molecular weight is 260 g/mol. The van der Waals surface area contributed by atoms with Crippen LogP contribution in [0.3, 0.4) is 0 Å². The van der Waals surface area contributed by atoms with Crippen molar-refractivity contribution in [2.45, 2.75) is 23.8 Å². The van der Waals surface area contributed by atoms with Crippen LogP contribution in [0.25, 0.3) is 0 Å². The van der Waals surface area contributed by atoms with Gasteiger partial charge in [-0.1, -0.05) is 11.6 Å². The summed E-state index contributed by atoms with van der Waals surface area (Å²) in [5, 5.41) is 0.772. The van der Waals surface area contributed by atoms with Gasteiger partial charge in [-0.05, 0) is 37.1 Å². The molecule has 0 bridgehead atoms. The van der Waals surface area contributed by atoms with Crippen molar-refractivity contribution in [2.75, 3.05) is 19.5 Å². The Bertz CT molecular complexity index is 292. The van der Waals surface area contributed by atoms with Gasteiger partial charge in [-0.25, -0.2) is 0 Å². The number of hydrogen-bond donors (Lipinski definition) is 1. The molecule has 1 atom stereocenters. The zero-order valence-electron chi connectivity index (χ0n) is 9.49. The third-order valence-electron chi connectivity index (χ3n) is 2.20. The van der Waals surface area contributed by atoms with Gasteiger partial charge in [-0.2, -0.15) is 0 Å². The van der Waals surface area contributed by atoms with Gasteiger partial charge in [-0.15, -0.1) is 11.8 Å². The summed E-state index contributed by atoms with van der Waals surface area (Å²) in [6.07, 6.45) is 2.03. The molecule has 1 unspecified atom stereocenters. The minimum atomic E-state index is 0.232. The van der Waals surface area contributed by atoms with Crippen LogP contribution < -0.4 is 5.73 Å². The number of rotatable bonds is 7. The van der Waals surface area contributed by atoms with Gasteiger partial charge in [0.25, 0.3) is 0 Å². The second kappa shape index (κ2) is 7.96. The third-order valence-corrected chi connectivity index (χ3v) is 3.65. The van der Waals surface area contributed by atoms with Crippen LogP contribution in [0.4, 0.5) is 0 Å². The molecule has 16 heavy (non-hydrogen) atoms. The SMILES string of the molecule is COCCCC(N)CSc1ccc(Cl)cc1. The normalized spacial score (nSPS) is 12.7. The molecule has 1 rings (SSSR count). The number of methoxy groups -OCH3 is 1. The molecule has 0 amide bonds. The van der Waals surface area contributed by atoms with Crippen molar-refractivity contribution in [1.29, 1.82) is 0 Å². The molecule has 1 aromatic carbocycles. The number of ether oxygens (including phenoxy) is 1. The Morgan fingerprint density at radius 1 is 1.38 bits per heavy atom. The van der Waals surface area contributed by atoms with Gasteiger partial charge < -0.3 is 10.5 Å². The lowest BCUT2D eigenvalue weighted by Gasteiger charge is -2.10. The number of benzene rings is 1. The van der Waals surface area contributed by atoms with E-state index in [0.29, 0.717) is 0 Å². The van der Waals surface area contributed by atoms with Crippen LogP contribution in [-0.4, -0.2) is 25.5 Å². The Hall–Kier alpha value is -0.220. The highest BCUT2D eigenvalue weighted by Gasteiger charge is 2.03. The minimum Gasteiger partial charge on any atom is -0.385 e. The van der Waals surface area contributed by atoms with E-state index >= 15 is 0 Å². The molecule has 0 fully saturated rings. The molecule has 0 spiro atoms. The molecule has 0 aliphatic carbocycles. The Kier molecular flexibility index (Phi) is 6.88. The van der Waals surface area contributed by atoms with Gasteiger partial charge >= 0.3 is 0 Å². The zero-order chi connectivity index (χ0) is 11.8. The first-order valence-corrected chi connectivity index (χ1v) is 6.71. The second-order valence-electron chi connectivity index (χ2n) is 3.66. The maximum absolute atomic E-state index is 5.99. The Labute approximate surface area is 107 Å². The molecule has 0 radical (unpaired) electrons. The van der Waals surface area contributed by atoms with E-state index in [1.807, 2.05) is 24.3 Å². The van der Waals surface area contributed by atoms with Crippen LogP contribution in [0.15, 0.2) is 29.2 Å². The van der Waals surface area contributed by atoms with Crippen molar-refractivity contribution >= 4 is 23.4 Å². The second-order valence-corrected chi connectivity index (χ2v) is 5.19. The molecule has 2 nitrogen and oxygen atoms in total. The molecule has 0 saturated heterocycles.